The van der Waals surface area contributed by atoms with Gasteiger partial charge < -0.3 is 9.88 Å². The molecule has 2 fully saturated rings. The second-order valence-electron chi connectivity index (χ2n) is 5.37. The van der Waals surface area contributed by atoms with Crippen molar-refractivity contribution in [3.63, 3.8) is 0 Å². The molecule has 1 aliphatic carbocycles. The number of amides is 3. The van der Waals surface area contributed by atoms with Crippen molar-refractivity contribution in [1.29, 1.82) is 0 Å². The lowest BCUT2D eigenvalue weighted by Gasteiger charge is -2.13. The van der Waals surface area contributed by atoms with Crippen LogP contribution < -0.4 is 5.32 Å². The van der Waals surface area contributed by atoms with Crippen LogP contribution >= 0.6 is 23.5 Å². The van der Waals surface area contributed by atoms with Gasteiger partial charge >= 0.3 is 0 Å². The molecule has 0 bridgehead atoms. The summed E-state index contributed by atoms with van der Waals surface area (Å²) in [5, 5.41) is 11.4. The molecule has 0 radical (unpaired) electrons. The maximum atomic E-state index is 11.9. The number of nitrogens with zero attached hydrogens (tertiary/aromatic N) is 4. The Morgan fingerprint density at radius 1 is 1.39 bits per heavy atom. The summed E-state index contributed by atoms with van der Waals surface area (Å²) >= 11 is 2.35. The van der Waals surface area contributed by atoms with Gasteiger partial charge in [0.25, 0.3) is 5.24 Å². The summed E-state index contributed by atoms with van der Waals surface area (Å²) in [6.45, 7) is 2.40. The molecule has 3 rings (SSSR count). The van der Waals surface area contributed by atoms with Gasteiger partial charge in [0.2, 0.25) is 11.8 Å². The van der Waals surface area contributed by atoms with Crippen molar-refractivity contribution < 1.29 is 14.4 Å². The molecule has 1 aromatic heterocycles. The molecule has 10 heteroatoms. The highest BCUT2D eigenvalue weighted by atomic mass is 32.2. The Morgan fingerprint density at radius 3 is 2.83 bits per heavy atom. The van der Waals surface area contributed by atoms with E-state index in [0.717, 1.165) is 35.6 Å². The van der Waals surface area contributed by atoms with Crippen LogP contribution in [0.25, 0.3) is 0 Å². The number of aryl methyl sites for hydroxylation is 1. The van der Waals surface area contributed by atoms with Gasteiger partial charge in [-0.25, -0.2) is 0 Å². The second kappa shape index (κ2) is 6.91. The number of hydrogen-bond donors (Lipinski definition) is 1. The topological polar surface area (TPSA) is 97.2 Å². The van der Waals surface area contributed by atoms with Crippen molar-refractivity contribution in [3.05, 3.63) is 5.82 Å². The Hall–Kier alpha value is -1.55. The third kappa shape index (κ3) is 3.86. The molecule has 124 valence electrons. The van der Waals surface area contributed by atoms with Crippen LogP contribution in [0.5, 0.6) is 0 Å². The number of imide groups is 1. The smallest absolute Gasteiger partial charge is 0.288 e. The third-order valence-electron chi connectivity index (χ3n) is 3.58. The summed E-state index contributed by atoms with van der Waals surface area (Å²) in [6, 6.07) is 0.472. The first-order valence-electron chi connectivity index (χ1n) is 7.34. The first-order chi connectivity index (χ1) is 11.1. The highest BCUT2D eigenvalue weighted by Gasteiger charge is 2.30. The Balaban J connectivity index is 1.42. The Kier molecular flexibility index (Phi) is 4.90. The summed E-state index contributed by atoms with van der Waals surface area (Å²) < 4.78 is 2.08. The van der Waals surface area contributed by atoms with Crippen LogP contribution in [0, 0.1) is 6.92 Å². The van der Waals surface area contributed by atoms with E-state index < -0.39 is 0 Å². The molecule has 0 aromatic carbocycles. The minimum atomic E-state index is -0.244. The van der Waals surface area contributed by atoms with Crippen LogP contribution in [-0.4, -0.2) is 61.3 Å². The summed E-state index contributed by atoms with van der Waals surface area (Å²) in [6.07, 6.45) is 2.27. The number of aromatic nitrogens is 3. The summed E-state index contributed by atoms with van der Waals surface area (Å²) in [4.78, 5) is 35.9. The first kappa shape index (κ1) is 16.3. The van der Waals surface area contributed by atoms with Gasteiger partial charge in [-0.2, -0.15) is 0 Å². The predicted molar refractivity (Wildman–Crippen MR) is 86.3 cm³/mol. The quantitative estimate of drug-likeness (QED) is 0.723. The Labute approximate surface area is 141 Å². The lowest BCUT2D eigenvalue weighted by atomic mass is 10.5. The van der Waals surface area contributed by atoms with E-state index in [1.54, 1.807) is 0 Å². The Morgan fingerprint density at radius 2 is 2.17 bits per heavy atom. The number of thioether (sulfide) groups is 2. The lowest BCUT2D eigenvalue weighted by molar-refractivity contribution is -0.125. The minimum absolute atomic E-state index is 0.148. The molecule has 1 aliphatic heterocycles. The second-order valence-corrected chi connectivity index (χ2v) is 7.24. The number of hydrogen-bond acceptors (Lipinski definition) is 7. The van der Waals surface area contributed by atoms with Gasteiger partial charge in [-0.15, -0.1) is 10.2 Å². The van der Waals surface area contributed by atoms with Gasteiger partial charge in [-0.05, 0) is 19.8 Å². The summed E-state index contributed by atoms with van der Waals surface area (Å²) in [5.74, 6) is 0.959. The zero-order valence-electron chi connectivity index (χ0n) is 12.7. The van der Waals surface area contributed by atoms with Gasteiger partial charge in [-0.1, -0.05) is 23.5 Å². The molecule has 0 unspecified atom stereocenters. The normalized spacial score (nSPS) is 17.9. The van der Waals surface area contributed by atoms with Crippen molar-refractivity contribution in [1.82, 2.24) is 25.0 Å². The van der Waals surface area contributed by atoms with E-state index in [1.165, 1.54) is 16.7 Å². The highest BCUT2D eigenvalue weighted by molar-refractivity contribution is 8.14. The zero-order chi connectivity index (χ0) is 16.4. The molecule has 1 aromatic rings. The molecule has 2 heterocycles. The third-order valence-corrected chi connectivity index (χ3v) is 5.38. The van der Waals surface area contributed by atoms with Gasteiger partial charge in [0.1, 0.15) is 5.82 Å². The minimum Gasteiger partial charge on any atom is -0.354 e. The van der Waals surface area contributed by atoms with Crippen LogP contribution in [-0.2, 0) is 9.59 Å². The Bertz CT molecular complexity index is 628. The van der Waals surface area contributed by atoms with Gasteiger partial charge in [-0.3, -0.25) is 19.3 Å². The van der Waals surface area contributed by atoms with Crippen molar-refractivity contribution in [2.45, 2.75) is 31.0 Å². The van der Waals surface area contributed by atoms with Crippen molar-refractivity contribution >= 4 is 40.6 Å². The van der Waals surface area contributed by atoms with E-state index >= 15 is 0 Å². The molecule has 0 spiro atoms. The largest absolute Gasteiger partial charge is 0.354 e. The summed E-state index contributed by atoms with van der Waals surface area (Å²) in [5.41, 5.74) is 0. The van der Waals surface area contributed by atoms with E-state index in [2.05, 4.69) is 20.1 Å². The fraction of sp³-hybridized carbons (Fsp3) is 0.615. The molecule has 1 saturated carbocycles. The van der Waals surface area contributed by atoms with Crippen LogP contribution in [0.4, 0.5) is 4.79 Å². The predicted octanol–water partition coefficient (Wildman–Crippen LogP) is 0.825. The molecule has 8 nitrogen and oxygen atoms in total. The number of carbonyl (C=O) groups is 3. The molecule has 2 aliphatic rings. The van der Waals surface area contributed by atoms with E-state index in [4.69, 9.17) is 0 Å². The average molecular weight is 355 g/mol. The molecular weight excluding hydrogens is 338 g/mol. The molecular formula is C13H17N5O3S2. The number of carbonyl (C=O) groups excluding carboxylic acids is 3. The molecule has 1 saturated heterocycles. The number of rotatable bonds is 7. The number of nitrogens with one attached hydrogen (secondary N) is 1. The standard InChI is InChI=1S/C13H17N5O3S2/c1-8-15-16-12(18(8)9-2-3-9)22-6-10(19)14-4-5-17-11(20)7-23-13(17)21/h9H,2-7H2,1H3,(H,14,19). The van der Waals surface area contributed by atoms with Crippen molar-refractivity contribution in [3.8, 4) is 0 Å². The van der Waals surface area contributed by atoms with Gasteiger partial charge in [0.15, 0.2) is 5.16 Å². The van der Waals surface area contributed by atoms with E-state index in [1.807, 2.05) is 6.92 Å². The molecule has 1 N–H and O–H groups in total. The van der Waals surface area contributed by atoms with E-state index in [0.29, 0.717) is 6.04 Å². The van der Waals surface area contributed by atoms with E-state index in [-0.39, 0.29) is 41.6 Å². The van der Waals surface area contributed by atoms with Crippen molar-refractivity contribution in [2.75, 3.05) is 24.6 Å². The zero-order valence-corrected chi connectivity index (χ0v) is 14.3. The average Bonchev–Trinajstić information content (AvgIpc) is 3.22. The lowest BCUT2D eigenvalue weighted by Crippen LogP contribution is -2.38. The molecule has 3 amide bonds. The maximum Gasteiger partial charge on any atom is 0.288 e. The first-order valence-corrected chi connectivity index (χ1v) is 9.31. The van der Waals surface area contributed by atoms with Gasteiger partial charge in [0, 0.05) is 19.1 Å². The fourth-order valence-corrected chi connectivity index (χ4v) is 3.92. The van der Waals surface area contributed by atoms with Crippen LogP contribution in [0.1, 0.15) is 24.7 Å². The van der Waals surface area contributed by atoms with Gasteiger partial charge in [0.05, 0.1) is 11.5 Å². The SMILES string of the molecule is Cc1nnc(SCC(=O)NCCN2C(=O)CSC2=O)n1C1CC1. The van der Waals surface area contributed by atoms with Crippen LogP contribution in [0.3, 0.4) is 0 Å². The highest BCUT2D eigenvalue weighted by Crippen LogP contribution is 2.38. The maximum absolute atomic E-state index is 11.9. The fourth-order valence-electron chi connectivity index (χ4n) is 2.29. The van der Waals surface area contributed by atoms with E-state index in [9.17, 15) is 14.4 Å². The van der Waals surface area contributed by atoms with Crippen LogP contribution in [0.15, 0.2) is 5.16 Å². The molecule has 0 atom stereocenters. The molecule has 23 heavy (non-hydrogen) atoms. The van der Waals surface area contributed by atoms with Crippen molar-refractivity contribution in [2.24, 2.45) is 0 Å². The van der Waals surface area contributed by atoms with Crippen LogP contribution in [0.2, 0.25) is 0 Å². The summed E-state index contributed by atoms with van der Waals surface area (Å²) in [7, 11) is 0. The monoisotopic (exact) mass is 355 g/mol.